The Hall–Kier alpha value is -3.87. The molecule has 4 rings (SSSR count). The third-order valence-corrected chi connectivity index (χ3v) is 5.24. The summed E-state index contributed by atoms with van der Waals surface area (Å²) in [6, 6.07) is 13.1. The number of benzene rings is 2. The molecule has 158 valence electrons. The molecule has 1 aliphatic heterocycles. The minimum Gasteiger partial charge on any atom is -0.507 e. The molecule has 2 aromatic carbocycles. The lowest BCUT2D eigenvalue weighted by atomic mass is 9.98. The number of anilines is 1. The summed E-state index contributed by atoms with van der Waals surface area (Å²) in [5, 5.41) is 11.0. The number of halogens is 1. The van der Waals surface area contributed by atoms with Crippen molar-refractivity contribution in [3.8, 4) is 5.75 Å². The number of methoxy groups -OCH3 is 1. The molecule has 1 aromatic heterocycles. The Morgan fingerprint density at radius 3 is 2.52 bits per heavy atom. The van der Waals surface area contributed by atoms with Gasteiger partial charge in [-0.15, -0.1) is 0 Å². The smallest absolute Gasteiger partial charge is 0.300 e. The van der Waals surface area contributed by atoms with Gasteiger partial charge in [0, 0.05) is 17.3 Å². The zero-order valence-corrected chi connectivity index (χ0v) is 17.2. The fraction of sp³-hybridized carbons (Fsp3) is 0.167. The summed E-state index contributed by atoms with van der Waals surface area (Å²) in [4.78, 5) is 27.4. The average Bonchev–Trinajstić information content (AvgIpc) is 3.30. The number of ketones is 1. The first-order valence-corrected chi connectivity index (χ1v) is 9.59. The zero-order chi connectivity index (χ0) is 22.3. The van der Waals surface area contributed by atoms with Crippen molar-refractivity contribution >= 4 is 23.1 Å². The van der Waals surface area contributed by atoms with Crippen LogP contribution in [0.3, 0.4) is 0 Å². The van der Waals surface area contributed by atoms with Gasteiger partial charge in [-0.2, -0.15) is 0 Å². The molecule has 0 radical (unpaired) electrons. The molecule has 1 amide bonds. The molecule has 1 saturated heterocycles. The fourth-order valence-corrected chi connectivity index (χ4v) is 3.68. The fourth-order valence-electron chi connectivity index (χ4n) is 3.68. The van der Waals surface area contributed by atoms with E-state index in [1.807, 2.05) is 0 Å². The Balaban J connectivity index is 1.94. The van der Waals surface area contributed by atoms with Crippen LogP contribution in [0, 0.1) is 19.7 Å². The number of Topliss-reactive ketones (excluding diaryl/α,β-unsaturated/α-hetero) is 1. The van der Waals surface area contributed by atoms with Crippen LogP contribution in [-0.4, -0.2) is 23.9 Å². The Morgan fingerprint density at radius 2 is 1.87 bits per heavy atom. The summed E-state index contributed by atoms with van der Waals surface area (Å²) in [5.74, 6) is -1.10. The first-order valence-electron chi connectivity index (χ1n) is 9.59. The number of furan rings is 1. The van der Waals surface area contributed by atoms with Gasteiger partial charge in [0.25, 0.3) is 11.7 Å². The van der Waals surface area contributed by atoms with E-state index >= 15 is 0 Å². The predicted octanol–water partition coefficient (Wildman–Crippen LogP) is 4.67. The van der Waals surface area contributed by atoms with Gasteiger partial charge in [-0.3, -0.25) is 14.5 Å². The number of nitrogens with zero attached hydrogens (tertiary/aromatic N) is 1. The molecule has 1 atom stereocenters. The lowest BCUT2D eigenvalue weighted by Crippen LogP contribution is -2.29. The maximum absolute atomic E-state index is 13.7. The Labute approximate surface area is 178 Å². The molecule has 1 N–H and O–H groups in total. The maximum atomic E-state index is 13.7. The second-order valence-electron chi connectivity index (χ2n) is 7.28. The second kappa shape index (κ2) is 7.75. The predicted molar refractivity (Wildman–Crippen MR) is 112 cm³/mol. The largest absolute Gasteiger partial charge is 0.507 e. The molecule has 1 unspecified atom stereocenters. The van der Waals surface area contributed by atoms with E-state index in [4.69, 9.17) is 9.15 Å². The molecule has 0 bridgehead atoms. The van der Waals surface area contributed by atoms with Gasteiger partial charge in [0.15, 0.2) is 0 Å². The van der Waals surface area contributed by atoms with Gasteiger partial charge >= 0.3 is 0 Å². The van der Waals surface area contributed by atoms with Crippen molar-refractivity contribution < 1.29 is 28.2 Å². The number of carbonyl (C=O) groups is 2. The summed E-state index contributed by atoms with van der Waals surface area (Å²) in [5.41, 5.74) is 0.815. The number of aliphatic hydroxyl groups excluding tert-OH is 1. The van der Waals surface area contributed by atoms with E-state index in [1.54, 1.807) is 50.2 Å². The highest BCUT2D eigenvalue weighted by molar-refractivity contribution is 6.51. The standard InChI is InChI=1S/C24H20FNO5/c1-13-11-15(8-9-18(13)25)22(27)20-21(19-10-7-14(2)31-19)26(24(29)23(20)28)16-5-4-6-17(12-16)30-3/h4-12,21,27H,1-3H3/b22-20-. The Bertz CT molecular complexity index is 1230. The number of hydrogen-bond donors (Lipinski definition) is 1. The number of amides is 1. The minimum absolute atomic E-state index is 0.131. The minimum atomic E-state index is -0.994. The van der Waals surface area contributed by atoms with Crippen molar-refractivity contribution in [1.82, 2.24) is 0 Å². The molecule has 0 aliphatic carbocycles. The molecule has 0 saturated carbocycles. The van der Waals surface area contributed by atoms with Crippen molar-refractivity contribution in [3.63, 3.8) is 0 Å². The molecule has 7 heteroatoms. The van der Waals surface area contributed by atoms with Crippen molar-refractivity contribution in [2.24, 2.45) is 0 Å². The van der Waals surface area contributed by atoms with Gasteiger partial charge in [-0.1, -0.05) is 6.07 Å². The molecule has 1 fully saturated rings. The van der Waals surface area contributed by atoms with Gasteiger partial charge in [0.05, 0.1) is 12.7 Å². The third-order valence-electron chi connectivity index (χ3n) is 5.24. The maximum Gasteiger partial charge on any atom is 0.300 e. The van der Waals surface area contributed by atoms with Gasteiger partial charge in [-0.25, -0.2) is 4.39 Å². The van der Waals surface area contributed by atoms with Crippen LogP contribution in [0.25, 0.3) is 5.76 Å². The quantitative estimate of drug-likeness (QED) is 0.376. The van der Waals surface area contributed by atoms with E-state index in [9.17, 15) is 19.1 Å². The number of hydrogen-bond acceptors (Lipinski definition) is 5. The van der Waals surface area contributed by atoms with Gasteiger partial charge in [0.1, 0.15) is 34.9 Å². The summed E-state index contributed by atoms with van der Waals surface area (Å²) in [6.07, 6.45) is 0. The van der Waals surface area contributed by atoms with Crippen LogP contribution in [0.5, 0.6) is 5.75 Å². The van der Waals surface area contributed by atoms with Gasteiger partial charge in [-0.05, 0) is 61.9 Å². The zero-order valence-electron chi connectivity index (χ0n) is 17.2. The highest BCUT2D eigenvalue weighted by Crippen LogP contribution is 2.43. The van der Waals surface area contributed by atoms with E-state index < -0.39 is 29.3 Å². The van der Waals surface area contributed by atoms with Crippen molar-refractivity contribution in [2.45, 2.75) is 19.9 Å². The average molecular weight is 421 g/mol. The highest BCUT2D eigenvalue weighted by Gasteiger charge is 2.48. The van der Waals surface area contributed by atoms with Gasteiger partial charge in [0.2, 0.25) is 0 Å². The normalized spacial score (nSPS) is 17.9. The molecule has 31 heavy (non-hydrogen) atoms. The summed E-state index contributed by atoms with van der Waals surface area (Å²) in [6.45, 7) is 3.29. The third kappa shape index (κ3) is 3.48. The van der Waals surface area contributed by atoms with E-state index in [-0.39, 0.29) is 11.1 Å². The molecule has 6 nitrogen and oxygen atoms in total. The molecular formula is C24H20FNO5. The number of aliphatic hydroxyl groups is 1. The Morgan fingerprint density at radius 1 is 1.10 bits per heavy atom. The van der Waals surface area contributed by atoms with E-state index in [2.05, 4.69) is 0 Å². The molecule has 2 heterocycles. The van der Waals surface area contributed by atoms with Crippen LogP contribution >= 0.6 is 0 Å². The SMILES string of the molecule is COc1cccc(N2C(=O)C(=O)/C(=C(\O)c3ccc(F)c(C)c3)C2c2ccc(C)o2)c1. The van der Waals surface area contributed by atoms with Crippen LogP contribution in [0.2, 0.25) is 0 Å². The molecule has 1 aliphatic rings. The lowest BCUT2D eigenvalue weighted by Gasteiger charge is -2.23. The number of aryl methyl sites for hydroxylation is 2. The van der Waals surface area contributed by atoms with Crippen molar-refractivity contribution in [1.29, 1.82) is 0 Å². The van der Waals surface area contributed by atoms with Crippen LogP contribution in [-0.2, 0) is 9.59 Å². The monoisotopic (exact) mass is 421 g/mol. The Kier molecular flexibility index (Phi) is 5.10. The number of carbonyl (C=O) groups excluding carboxylic acids is 2. The van der Waals surface area contributed by atoms with Gasteiger partial charge < -0.3 is 14.3 Å². The summed E-state index contributed by atoms with van der Waals surface area (Å²) in [7, 11) is 1.50. The topological polar surface area (TPSA) is 80.0 Å². The number of ether oxygens (including phenoxy) is 1. The van der Waals surface area contributed by atoms with Crippen LogP contribution in [0.15, 0.2) is 64.6 Å². The lowest BCUT2D eigenvalue weighted by molar-refractivity contribution is -0.132. The summed E-state index contributed by atoms with van der Waals surface area (Å²) >= 11 is 0. The van der Waals surface area contributed by atoms with Crippen LogP contribution < -0.4 is 9.64 Å². The molecule has 0 spiro atoms. The van der Waals surface area contributed by atoms with E-state index in [0.717, 1.165) is 0 Å². The second-order valence-corrected chi connectivity index (χ2v) is 7.28. The van der Waals surface area contributed by atoms with Crippen molar-refractivity contribution in [2.75, 3.05) is 12.0 Å². The summed E-state index contributed by atoms with van der Waals surface area (Å²) < 4.78 is 24.7. The van der Waals surface area contributed by atoms with Crippen molar-refractivity contribution in [3.05, 3.63) is 88.6 Å². The highest BCUT2D eigenvalue weighted by atomic mass is 19.1. The number of rotatable bonds is 4. The van der Waals surface area contributed by atoms with E-state index in [0.29, 0.717) is 28.5 Å². The molecular weight excluding hydrogens is 401 g/mol. The first-order chi connectivity index (χ1) is 14.8. The van der Waals surface area contributed by atoms with Crippen LogP contribution in [0.1, 0.15) is 28.7 Å². The first kappa shape index (κ1) is 20.4. The van der Waals surface area contributed by atoms with E-state index in [1.165, 1.54) is 30.2 Å². The molecule has 3 aromatic rings. The van der Waals surface area contributed by atoms with Crippen LogP contribution in [0.4, 0.5) is 10.1 Å².